The molecule has 0 saturated heterocycles. The molecule has 0 bridgehead atoms. The average molecular weight is 272 g/mol. The van der Waals surface area contributed by atoms with Crippen molar-refractivity contribution in [1.29, 1.82) is 0 Å². The van der Waals surface area contributed by atoms with E-state index in [1.807, 2.05) is 6.92 Å². The van der Waals surface area contributed by atoms with Crippen molar-refractivity contribution in [2.45, 2.75) is 13.3 Å². The van der Waals surface area contributed by atoms with Crippen LogP contribution in [0.1, 0.15) is 23.7 Å². The Labute approximate surface area is 111 Å². The van der Waals surface area contributed by atoms with Crippen molar-refractivity contribution in [3.05, 3.63) is 34.9 Å². The van der Waals surface area contributed by atoms with Crippen molar-refractivity contribution < 1.29 is 4.79 Å². The lowest BCUT2D eigenvalue weighted by Gasteiger charge is -2.11. The first-order valence-corrected chi connectivity index (χ1v) is 6.02. The van der Waals surface area contributed by atoms with Crippen molar-refractivity contribution >= 4 is 34.8 Å². The minimum Gasteiger partial charge on any atom is -0.361 e. The minimum atomic E-state index is -0.323. The van der Waals surface area contributed by atoms with Gasteiger partial charge in [-0.1, -0.05) is 30.7 Å². The highest BCUT2D eigenvalue weighted by atomic mass is 35.5. The van der Waals surface area contributed by atoms with E-state index in [1.54, 1.807) is 24.3 Å². The maximum absolute atomic E-state index is 11.7. The summed E-state index contributed by atoms with van der Waals surface area (Å²) in [7, 11) is 0. The fourth-order valence-corrected chi connectivity index (χ4v) is 1.48. The Balaban J connectivity index is 2.45. The normalized spacial score (nSPS) is 9.53. The van der Waals surface area contributed by atoms with E-state index in [4.69, 9.17) is 23.8 Å². The van der Waals surface area contributed by atoms with Gasteiger partial charge in [-0.25, -0.2) is 0 Å². The topological polar surface area (TPSA) is 53.2 Å². The highest BCUT2D eigenvalue weighted by Gasteiger charge is 2.08. The molecule has 1 rings (SSSR count). The average Bonchev–Trinajstić information content (AvgIpc) is 2.34. The van der Waals surface area contributed by atoms with Gasteiger partial charge in [-0.2, -0.15) is 0 Å². The van der Waals surface area contributed by atoms with E-state index in [2.05, 4.69) is 16.2 Å². The van der Waals surface area contributed by atoms with Crippen LogP contribution in [0.3, 0.4) is 0 Å². The van der Waals surface area contributed by atoms with E-state index < -0.39 is 0 Å². The summed E-state index contributed by atoms with van der Waals surface area (Å²) < 4.78 is 0. The van der Waals surface area contributed by atoms with E-state index >= 15 is 0 Å². The van der Waals surface area contributed by atoms with Gasteiger partial charge in [-0.15, -0.1) is 0 Å². The second kappa shape index (κ2) is 7.09. The van der Waals surface area contributed by atoms with E-state index in [1.165, 1.54) is 0 Å². The molecule has 0 radical (unpaired) electrons. The van der Waals surface area contributed by atoms with Gasteiger partial charge in [0.15, 0.2) is 5.11 Å². The Morgan fingerprint density at radius 2 is 2.06 bits per heavy atom. The quantitative estimate of drug-likeness (QED) is 0.580. The monoisotopic (exact) mass is 271 g/mol. The summed E-state index contributed by atoms with van der Waals surface area (Å²) >= 11 is 10.8. The maximum atomic E-state index is 11.7. The van der Waals surface area contributed by atoms with Crippen LogP contribution in [0, 0.1) is 0 Å². The van der Waals surface area contributed by atoms with Crippen LogP contribution in [0.15, 0.2) is 24.3 Å². The summed E-state index contributed by atoms with van der Waals surface area (Å²) in [5, 5.41) is 3.71. The van der Waals surface area contributed by atoms with Gasteiger partial charge in [0.05, 0.1) is 10.6 Å². The minimum absolute atomic E-state index is 0.323. The van der Waals surface area contributed by atoms with Gasteiger partial charge >= 0.3 is 0 Å². The first kappa shape index (κ1) is 13.7. The summed E-state index contributed by atoms with van der Waals surface area (Å²) in [6.07, 6.45) is 0.959. The van der Waals surface area contributed by atoms with Crippen molar-refractivity contribution in [2.24, 2.45) is 0 Å². The Morgan fingerprint density at radius 3 is 2.71 bits per heavy atom. The predicted octanol–water partition coefficient (Wildman–Crippen LogP) is 1.86. The molecule has 0 aliphatic carbocycles. The number of carbonyl (C=O) groups is 1. The molecule has 0 aliphatic heterocycles. The number of hydrogen-bond donors (Lipinski definition) is 3. The molecule has 4 nitrogen and oxygen atoms in total. The van der Waals surface area contributed by atoms with E-state index in [9.17, 15) is 4.79 Å². The third-order valence-electron chi connectivity index (χ3n) is 1.94. The fraction of sp³-hybridized carbons (Fsp3) is 0.273. The van der Waals surface area contributed by atoms with Crippen LogP contribution in [0.4, 0.5) is 0 Å². The van der Waals surface area contributed by atoms with Crippen LogP contribution in [-0.4, -0.2) is 17.6 Å². The molecule has 6 heteroatoms. The zero-order valence-electron chi connectivity index (χ0n) is 9.42. The van der Waals surface area contributed by atoms with Gasteiger partial charge in [0.2, 0.25) is 0 Å². The lowest BCUT2D eigenvalue weighted by atomic mass is 10.2. The molecular formula is C11H14ClN3OS. The molecule has 0 saturated carbocycles. The number of benzene rings is 1. The molecule has 1 aromatic carbocycles. The molecule has 1 amide bonds. The van der Waals surface area contributed by atoms with Gasteiger partial charge in [0, 0.05) is 6.54 Å². The molecule has 0 aromatic heterocycles. The number of hydrogen-bond acceptors (Lipinski definition) is 2. The number of halogens is 1. The smallest absolute Gasteiger partial charge is 0.271 e. The Kier molecular flexibility index (Phi) is 5.72. The van der Waals surface area contributed by atoms with Crippen molar-refractivity contribution in [2.75, 3.05) is 6.54 Å². The molecule has 0 unspecified atom stereocenters. The molecule has 0 fully saturated rings. The van der Waals surface area contributed by atoms with E-state index in [-0.39, 0.29) is 5.91 Å². The van der Waals surface area contributed by atoms with Gasteiger partial charge in [0.1, 0.15) is 0 Å². The third-order valence-corrected chi connectivity index (χ3v) is 2.52. The number of thiocarbonyl (C=S) groups is 1. The molecule has 0 atom stereocenters. The second-order valence-corrected chi connectivity index (χ2v) is 4.13. The number of hydrazine groups is 1. The van der Waals surface area contributed by atoms with Gasteiger partial charge in [-0.05, 0) is 30.8 Å². The van der Waals surface area contributed by atoms with Crippen LogP contribution in [0.5, 0.6) is 0 Å². The van der Waals surface area contributed by atoms with Crippen molar-refractivity contribution in [1.82, 2.24) is 16.2 Å². The Hall–Kier alpha value is -1.33. The molecule has 1 aromatic rings. The van der Waals surface area contributed by atoms with Crippen LogP contribution in [0.25, 0.3) is 0 Å². The summed E-state index contributed by atoms with van der Waals surface area (Å²) in [6.45, 7) is 2.78. The van der Waals surface area contributed by atoms with E-state index in [0.29, 0.717) is 15.7 Å². The Bertz CT molecular complexity index is 411. The second-order valence-electron chi connectivity index (χ2n) is 3.31. The highest BCUT2D eigenvalue weighted by Crippen LogP contribution is 2.13. The number of rotatable bonds is 3. The zero-order chi connectivity index (χ0) is 12.7. The zero-order valence-corrected chi connectivity index (χ0v) is 11.0. The van der Waals surface area contributed by atoms with Crippen LogP contribution >= 0.6 is 23.8 Å². The number of carbonyl (C=O) groups excluding carboxylic acids is 1. The first-order valence-electron chi connectivity index (χ1n) is 5.24. The number of nitrogens with one attached hydrogen (secondary N) is 3. The van der Waals surface area contributed by atoms with E-state index in [0.717, 1.165) is 13.0 Å². The molecule has 0 spiro atoms. The van der Waals surface area contributed by atoms with Crippen LogP contribution in [0.2, 0.25) is 5.02 Å². The van der Waals surface area contributed by atoms with Gasteiger partial charge in [-0.3, -0.25) is 15.6 Å². The number of amides is 1. The predicted molar refractivity (Wildman–Crippen MR) is 72.9 cm³/mol. The lowest BCUT2D eigenvalue weighted by molar-refractivity contribution is 0.0944. The van der Waals surface area contributed by atoms with Crippen LogP contribution in [-0.2, 0) is 0 Å². The maximum Gasteiger partial charge on any atom is 0.271 e. The molecule has 0 heterocycles. The third kappa shape index (κ3) is 4.58. The van der Waals surface area contributed by atoms with Crippen molar-refractivity contribution in [3.63, 3.8) is 0 Å². The van der Waals surface area contributed by atoms with Gasteiger partial charge in [0.25, 0.3) is 5.91 Å². The van der Waals surface area contributed by atoms with Gasteiger partial charge < -0.3 is 5.32 Å². The molecule has 3 N–H and O–H groups in total. The van der Waals surface area contributed by atoms with Crippen LogP contribution < -0.4 is 16.2 Å². The standard InChI is InChI=1S/C11H14ClN3OS/c1-2-7-13-11(17)15-14-10(16)8-5-3-4-6-9(8)12/h3-6H,2,7H2,1H3,(H,14,16)(H2,13,15,17). The highest BCUT2D eigenvalue weighted by molar-refractivity contribution is 7.80. The summed E-state index contributed by atoms with van der Waals surface area (Å²) in [5.41, 5.74) is 5.48. The first-order chi connectivity index (χ1) is 8.15. The molecular weight excluding hydrogens is 258 g/mol. The molecule has 92 valence electrons. The fourth-order valence-electron chi connectivity index (χ4n) is 1.11. The Morgan fingerprint density at radius 1 is 1.35 bits per heavy atom. The molecule has 17 heavy (non-hydrogen) atoms. The SMILES string of the molecule is CCCNC(=S)NNC(=O)c1ccccc1Cl. The lowest BCUT2D eigenvalue weighted by Crippen LogP contribution is -2.46. The largest absolute Gasteiger partial charge is 0.361 e. The summed E-state index contributed by atoms with van der Waals surface area (Å²) in [5.74, 6) is -0.323. The molecule has 0 aliphatic rings. The summed E-state index contributed by atoms with van der Waals surface area (Å²) in [4.78, 5) is 11.7. The van der Waals surface area contributed by atoms with Crippen molar-refractivity contribution in [3.8, 4) is 0 Å². The summed E-state index contributed by atoms with van der Waals surface area (Å²) in [6, 6.07) is 6.81.